The van der Waals surface area contributed by atoms with Crippen molar-refractivity contribution in [1.82, 2.24) is 10.3 Å². The van der Waals surface area contributed by atoms with Crippen molar-refractivity contribution in [3.63, 3.8) is 0 Å². The van der Waals surface area contributed by atoms with E-state index in [-0.39, 0.29) is 18.1 Å². The number of benzene rings is 1. The minimum absolute atomic E-state index is 0.163. The minimum atomic E-state index is -0.196. The topological polar surface area (TPSA) is 60.5 Å². The SMILES string of the molecule is COc1cc(C(C)NC(=O)c2ccccn2)ccc1OC1CCCC1. The zero-order chi connectivity index (χ0) is 17.6. The van der Waals surface area contributed by atoms with Crippen LogP contribution in [0.5, 0.6) is 11.5 Å². The van der Waals surface area contributed by atoms with Gasteiger partial charge in [-0.1, -0.05) is 12.1 Å². The normalized spacial score (nSPS) is 15.6. The molecule has 25 heavy (non-hydrogen) atoms. The van der Waals surface area contributed by atoms with E-state index in [1.165, 1.54) is 12.8 Å². The summed E-state index contributed by atoms with van der Waals surface area (Å²) < 4.78 is 11.5. The Kier molecular flexibility index (Phi) is 5.53. The molecular weight excluding hydrogens is 316 g/mol. The molecule has 0 radical (unpaired) electrons. The number of nitrogens with zero attached hydrogens (tertiary/aromatic N) is 1. The van der Waals surface area contributed by atoms with Crippen molar-refractivity contribution in [2.75, 3.05) is 7.11 Å². The van der Waals surface area contributed by atoms with E-state index < -0.39 is 0 Å². The molecular formula is C20H24N2O3. The van der Waals surface area contributed by atoms with Gasteiger partial charge in [-0.15, -0.1) is 0 Å². The number of carbonyl (C=O) groups is 1. The standard InChI is InChI=1S/C20H24N2O3/c1-14(22-20(23)17-9-5-6-12-21-17)15-10-11-18(19(13-15)24-2)25-16-7-3-4-8-16/h5-6,9-14,16H,3-4,7-8H2,1-2H3,(H,22,23). The Labute approximate surface area is 148 Å². The fraction of sp³-hybridized carbons (Fsp3) is 0.400. The minimum Gasteiger partial charge on any atom is -0.493 e. The number of methoxy groups -OCH3 is 1. The van der Waals surface area contributed by atoms with E-state index in [0.29, 0.717) is 11.4 Å². The van der Waals surface area contributed by atoms with Crippen LogP contribution in [0.4, 0.5) is 0 Å². The third-order valence-electron chi connectivity index (χ3n) is 4.53. The Balaban J connectivity index is 1.69. The molecule has 0 bridgehead atoms. The Morgan fingerprint density at radius 1 is 1.20 bits per heavy atom. The van der Waals surface area contributed by atoms with Gasteiger partial charge in [-0.05, 0) is 62.4 Å². The summed E-state index contributed by atoms with van der Waals surface area (Å²) in [5.41, 5.74) is 1.36. The predicted octanol–water partition coefficient (Wildman–Crippen LogP) is 3.90. The summed E-state index contributed by atoms with van der Waals surface area (Å²) in [4.78, 5) is 16.3. The van der Waals surface area contributed by atoms with Crippen molar-refractivity contribution in [3.8, 4) is 11.5 Å². The summed E-state index contributed by atoms with van der Waals surface area (Å²) in [6, 6.07) is 10.9. The summed E-state index contributed by atoms with van der Waals surface area (Å²) in [6.45, 7) is 1.94. The van der Waals surface area contributed by atoms with Gasteiger partial charge in [0.2, 0.25) is 0 Å². The average molecular weight is 340 g/mol. The number of carbonyl (C=O) groups excluding carboxylic acids is 1. The van der Waals surface area contributed by atoms with Gasteiger partial charge < -0.3 is 14.8 Å². The van der Waals surface area contributed by atoms with Gasteiger partial charge in [0, 0.05) is 6.20 Å². The summed E-state index contributed by atoms with van der Waals surface area (Å²) in [7, 11) is 1.64. The first-order valence-corrected chi connectivity index (χ1v) is 8.74. The summed E-state index contributed by atoms with van der Waals surface area (Å²) >= 11 is 0. The zero-order valence-corrected chi connectivity index (χ0v) is 14.7. The molecule has 3 rings (SSSR count). The molecule has 1 aliphatic carbocycles. The highest BCUT2D eigenvalue weighted by atomic mass is 16.5. The van der Waals surface area contributed by atoms with Gasteiger partial charge in [-0.2, -0.15) is 0 Å². The first-order valence-electron chi connectivity index (χ1n) is 8.74. The molecule has 2 aromatic rings. The molecule has 5 heteroatoms. The molecule has 1 saturated carbocycles. The molecule has 1 heterocycles. The number of pyridine rings is 1. The molecule has 0 saturated heterocycles. The fourth-order valence-electron chi connectivity index (χ4n) is 3.09. The van der Waals surface area contributed by atoms with Gasteiger partial charge in [-0.25, -0.2) is 0 Å². The Morgan fingerprint density at radius 2 is 2.00 bits per heavy atom. The van der Waals surface area contributed by atoms with Crippen LogP contribution in [0.2, 0.25) is 0 Å². The number of hydrogen-bond acceptors (Lipinski definition) is 4. The molecule has 0 aliphatic heterocycles. The van der Waals surface area contributed by atoms with Crippen LogP contribution in [0.25, 0.3) is 0 Å². The first kappa shape index (κ1) is 17.3. The lowest BCUT2D eigenvalue weighted by molar-refractivity contribution is 0.0935. The van der Waals surface area contributed by atoms with Crippen molar-refractivity contribution >= 4 is 5.91 Å². The molecule has 1 amide bonds. The van der Waals surface area contributed by atoms with Crippen LogP contribution < -0.4 is 14.8 Å². The maximum Gasteiger partial charge on any atom is 0.270 e. The van der Waals surface area contributed by atoms with E-state index in [1.807, 2.05) is 25.1 Å². The van der Waals surface area contributed by atoms with E-state index in [4.69, 9.17) is 9.47 Å². The lowest BCUT2D eigenvalue weighted by Crippen LogP contribution is -2.27. The molecule has 1 unspecified atom stereocenters. The van der Waals surface area contributed by atoms with Gasteiger partial charge in [0.25, 0.3) is 5.91 Å². The van der Waals surface area contributed by atoms with Gasteiger partial charge in [0.05, 0.1) is 19.3 Å². The highest BCUT2D eigenvalue weighted by molar-refractivity contribution is 5.92. The summed E-state index contributed by atoms with van der Waals surface area (Å²) in [6.07, 6.45) is 6.53. The van der Waals surface area contributed by atoms with Gasteiger partial charge in [-0.3, -0.25) is 9.78 Å². The molecule has 1 aromatic heterocycles. The van der Waals surface area contributed by atoms with E-state index in [2.05, 4.69) is 10.3 Å². The maximum absolute atomic E-state index is 12.3. The van der Waals surface area contributed by atoms with Gasteiger partial charge in [0.15, 0.2) is 11.5 Å². The quantitative estimate of drug-likeness (QED) is 0.866. The number of amides is 1. The second kappa shape index (κ2) is 8.01. The number of rotatable bonds is 6. The molecule has 1 N–H and O–H groups in total. The third-order valence-corrected chi connectivity index (χ3v) is 4.53. The van der Waals surface area contributed by atoms with Crippen molar-refractivity contribution in [2.24, 2.45) is 0 Å². The van der Waals surface area contributed by atoms with E-state index >= 15 is 0 Å². The van der Waals surface area contributed by atoms with Crippen LogP contribution in [0.1, 0.15) is 54.7 Å². The second-order valence-electron chi connectivity index (χ2n) is 6.34. The highest BCUT2D eigenvalue weighted by Crippen LogP contribution is 2.33. The zero-order valence-electron chi connectivity index (χ0n) is 14.7. The second-order valence-corrected chi connectivity index (χ2v) is 6.34. The fourth-order valence-corrected chi connectivity index (χ4v) is 3.09. The Hall–Kier alpha value is -2.56. The van der Waals surface area contributed by atoms with Crippen LogP contribution >= 0.6 is 0 Å². The van der Waals surface area contributed by atoms with E-state index in [9.17, 15) is 4.79 Å². The Morgan fingerprint density at radius 3 is 2.68 bits per heavy atom. The van der Waals surface area contributed by atoms with Gasteiger partial charge in [0.1, 0.15) is 5.69 Å². The largest absolute Gasteiger partial charge is 0.493 e. The molecule has 1 aliphatic rings. The summed E-state index contributed by atoms with van der Waals surface area (Å²) in [5.74, 6) is 1.27. The van der Waals surface area contributed by atoms with Crippen LogP contribution in [0.15, 0.2) is 42.6 Å². The predicted molar refractivity (Wildman–Crippen MR) is 96.0 cm³/mol. The monoisotopic (exact) mass is 340 g/mol. The number of hydrogen-bond donors (Lipinski definition) is 1. The molecule has 1 fully saturated rings. The number of ether oxygens (including phenoxy) is 2. The van der Waals surface area contributed by atoms with Crippen molar-refractivity contribution in [3.05, 3.63) is 53.9 Å². The lowest BCUT2D eigenvalue weighted by atomic mass is 10.1. The van der Waals surface area contributed by atoms with E-state index in [1.54, 1.807) is 31.5 Å². The smallest absolute Gasteiger partial charge is 0.270 e. The average Bonchev–Trinajstić information content (AvgIpc) is 3.15. The third kappa shape index (κ3) is 4.29. The van der Waals surface area contributed by atoms with Crippen molar-refractivity contribution in [1.29, 1.82) is 0 Å². The molecule has 1 aromatic carbocycles. The molecule has 0 spiro atoms. The lowest BCUT2D eigenvalue weighted by Gasteiger charge is -2.19. The highest BCUT2D eigenvalue weighted by Gasteiger charge is 2.19. The Bertz CT molecular complexity index is 712. The molecule has 1 atom stereocenters. The van der Waals surface area contributed by atoms with Crippen LogP contribution in [0.3, 0.4) is 0 Å². The summed E-state index contributed by atoms with van der Waals surface area (Å²) in [5, 5.41) is 2.96. The maximum atomic E-state index is 12.3. The van der Waals surface area contributed by atoms with Crippen molar-refractivity contribution < 1.29 is 14.3 Å². The number of aromatic nitrogens is 1. The number of nitrogens with one attached hydrogen (secondary N) is 1. The van der Waals surface area contributed by atoms with Gasteiger partial charge >= 0.3 is 0 Å². The van der Waals surface area contributed by atoms with Crippen molar-refractivity contribution in [2.45, 2.75) is 44.8 Å². The molecule has 5 nitrogen and oxygen atoms in total. The van der Waals surface area contributed by atoms with Crippen LogP contribution in [0, 0.1) is 0 Å². The first-order chi connectivity index (χ1) is 12.2. The van der Waals surface area contributed by atoms with Crippen LogP contribution in [-0.4, -0.2) is 24.1 Å². The molecule has 132 valence electrons. The van der Waals surface area contributed by atoms with Crippen LogP contribution in [-0.2, 0) is 0 Å². The van der Waals surface area contributed by atoms with E-state index in [0.717, 1.165) is 24.2 Å².